The van der Waals surface area contributed by atoms with Gasteiger partial charge in [0.2, 0.25) is 0 Å². The number of hydrogen-bond donors (Lipinski definition) is 1. The first-order valence-electron chi connectivity index (χ1n) is 4.47. The second-order valence-electron chi connectivity index (χ2n) is 3.39. The van der Waals surface area contributed by atoms with Gasteiger partial charge >= 0.3 is 18.0 Å². The minimum atomic E-state index is -6.15. The van der Waals surface area contributed by atoms with Crippen LogP contribution in [0.1, 0.15) is 6.92 Å². The Labute approximate surface area is 98.5 Å². The Kier molecular flexibility index (Phi) is 4.62. The second kappa shape index (κ2) is 5.03. The van der Waals surface area contributed by atoms with Crippen LogP contribution in [-0.4, -0.2) is 18.0 Å². The Hall–Kier alpha value is -1.47. The van der Waals surface area contributed by atoms with E-state index in [-0.39, 0.29) is 11.8 Å². The first-order valence-corrected chi connectivity index (χ1v) is 4.47. The molecular formula is C10H10F7N. The first kappa shape index (κ1) is 16.5. The molecule has 0 aliphatic heterocycles. The maximum Gasteiger partial charge on any atom is 0.435 e. The van der Waals surface area contributed by atoms with E-state index in [2.05, 4.69) is 6.58 Å². The topological polar surface area (TPSA) is 26.0 Å². The van der Waals surface area contributed by atoms with E-state index in [9.17, 15) is 30.7 Å². The first-order chi connectivity index (χ1) is 7.88. The van der Waals surface area contributed by atoms with E-state index in [1.54, 1.807) is 0 Å². The smallest absolute Gasteiger partial charge is 0.402 e. The lowest BCUT2D eigenvalue weighted by Crippen LogP contribution is -2.54. The lowest BCUT2D eigenvalue weighted by atomic mass is 9.93. The zero-order valence-corrected chi connectivity index (χ0v) is 9.16. The average molecular weight is 277 g/mol. The van der Waals surface area contributed by atoms with Gasteiger partial charge < -0.3 is 5.73 Å². The number of allylic oxidation sites excluding steroid dienone is 5. The van der Waals surface area contributed by atoms with Crippen LogP contribution in [0, 0.1) is 0 Å². The van der Waals surface area contributed by atoms with Crippen molar-refractivity contribution >= 4 is 0 Å². The predicted octanol–water partition coefficient (Wildman–Crippen LogP) is 3.79. The highest BCUT2D eigenvalue weighted by molar-refractivity contribution is 5.36. The van der Waals surface area contributed by atoms with Crippen LogP contribution in [0.4, 0.5) is 30.7 Å². The number of alkyl halides is 7. The van der Waals surface area contributed by atoms with Gasteiger partial charge in [0, 0.05) is 11.3 Å². The highest BCUT2D eigenvalue weighted by atomic mass is 19.4. The Morgan fingerprint density at radius 3 is 1.56 bits per heavy atom. The van der Waals surface area contributed by atoms with Gasteiger partial charge in [-0.1, -0.05) is 18.7 Å². The number of rotatable bonds is 3. The van der Waals surface area contributed by atoms with E-state index in [4.69, 9.17) is 5.73 Å². The highest BCUT2D eigenvalue weighted by Gasteiger charge is 2.73. The normalized spacial score (nSPS) is 15.8. The maximum absolute atomic E-state index is 13.5. The van der Waals surface area contributed by atoms with Crippen molar-refractivity contribution in [2.75, 3.05) is 0 Å². The Morgan fingerprint density at radius 2 is 1.33 bits per heavy atom. The molecule has 104 valence electrons. The van der Waals surface area contributed by atoms with E-state index in [0.717, 1.165) is 6.08 Å². The fourth-order valence-corrected chi connectivity index (χ4v) is 1.03. The fraction of sp³-hybridized carbons (Fsp3) is 0.400. The summed E-state index contributed by atoms with van der Waals surface area (Å²) < 4.78 is 87.4. The van der Waals surface area contributed by atoms with Crippen molar-refractivity contribution in [3.05, 3.63) is 36.1 Å². The van der Waals surface area contributed by atoms with Crippen molar-refractivity contribution in [2.45, 2.75) is 24.9 Å². The molecule has 8 heteroatoms. The van der Waals surface area contributed by atoms with Gasteiger partial charge in [0.25, 0.3) is 0 Å². The molecule has 0 fully saturated rings. The van der Waals surface area contributed by atoms with E-state index < -0.39 is 23.6 Å². The lowest BCUT2D eigenvalue weighted by molar-refractivity contribution is -0.325. The third kappa shape index (κ3) is 3.05. The summed E-state index contributed by atoms with van der Waals surface area (Å²) in [6.07, 6.45) is -11.1. The van der Waals surface area contributed by atoms with Crippen LogP contribution in [0.2, 0.25) is 0 Å². The van der Waals surface area contributed by atoms with Crippen molar-refractivity contribution in [3.63, 3.8) is 0 Å². The molecular weight excluding hydrogens is 267 g/mol. The molecule has 0 aliphatic rings. The van der Waals surface area contributed by atoms with Gasteiger partial charge in [-0.2, -0.15) is 26.3 Å². The Balaban J connectivity index is 5.97. The molecule has 0 radical (unpaired) electrons. The zero-order chi connectivity index (χ0) is 14.8. The molecule has 0 atom stereocenters. The summed E-state index contributed by atoms with van der Waals surface area (Å²) in [6, 6.07) is 0. The van der Waals surface area contributed by atoms with Gasteiger partial charge in [-0.3, -0.25) is 0 Å². The molecule has 0 bridgehead atoms. The van der Waals surface area contributed by atoms with Gasteiger partial charge in [-0.05, 0) is 13.0 Å². The summed E-state index contributed by atoms with van der Waals surface area (Å²) in [5, 5.41) is 0. The van der Waals surface area contributed by atoms with Crippen molar-refractivity contribution in [2.24, 2.45) is 5.73 Å². The molecule has 0 aromatic heterocycles. The second-order valence-corrected chi connectivity index (χ2v) is 3.39. The Morgan fingerprint density at radius 1 is 0.944 bits per heavy atom. The molecule has 2 N–H and O–H groups in total. The third-order valence-electron chi connectivity index (χ3n) is 1.92. The Bertz CT molecular complexity index is 355. The van der Waals surface area contributed by atoms with Crippen LogP contribution < -0.4 is 5.73 Å². The monoisotopic (exact) mass is 277 g/mol. The van der Waals surface area contributed by atoms with E-state index in [1.807, 2.05) is 0 Å². The largest absolute Gasteiger partial charge is 0.435 e. The molecule has 18 heavy (non-hydrogen) atoms. The molecule has 0 rings (SSSR count). The molecule has 0 spiro atoms. The average Bonchev–Trinajstić information content (AvgIpc) is 2.14. The molecule has 0 aromatic rings. The van der Waals surface area contributed by atoms with Crippen molar-refractivity contribution in [1.29, 1.82) is 0 Å². The number of nitrogens with two attached hydrogens (primary N) is 1. The summed E-state index contributed by atoms with van der Waals surface area (Å²) in [7, 11) is 0. The summed E-state index contributed by atoms with van der Waals surface area (Å²) in [5.41, 5.74) is -2.18. The van der Waals surface area contributed by atoms with Gasteiger partial charge in [0.15, 0.2) is 0 Å². The van der Waals surface area contributed by atoms with Gasteiger partial charge in [-0.25, -0.2) is 4.39 Å². The summed E-state index contributed by atoms with van der Waals surface area (Å²) in [4.78, 5) is 0. The van der Waals surface area contributed by atoms with Crippen LogP contribution in [0.3, 0.4) is 0 Å². The van der Waals surface area contributed by atoms with Gasteiger partial charge in [0.05, 0.1) is 0 Å². The quantitative estimate of drug-likeness (QED) is 0.616. The summed E-state index contributed by atoms with van der Waals surface area (Å²) in [6.45, 7) is 3.97. The molecule has 1 nitrogen and oxygen atoms in total. The molecule has 0 saturated heterocycles. The third-order valence-corrected chi connectivity index (χ3v) is 1.92. The van der Waals surface area contributed by atoms with Crippen LogP contribution in [0.15, 0.2) is 36.1 Å². The standard InChI is InChI=1S/C10H10F7N/c1-3-7(5-4-6(2)18)8(11,9(12,13)14)10(15,16)17/h3-5H,1,18H2,2H3/b6-4+,7-5+. The van der Waals surface area contributed by atoms with Gasteiger partial charge in [-0.15, -0.1) is 0 Å². The molecule has 0 saturated carbocycles. The predicted molar refractivity (Wildman–Crippen MR) is 52.2 cm³/mol. The molecule has 0 aliphatic carbocycles. The highest BCUT2D eigenvalue weighted by Crippen LogP contribution is 2.50. The van der Waals surface area contributed by atoms with E-state index in [0.29, 0.717) is 6.08 Å². The molecule has 0 unspecified atom stereocenters. The van der Waals surface area contributed by atoms with Crippen LogP contribution in [-0.2, 0) is 0 Å². The fourth-order valence-electron chi connectivity index (χ4n) is 1.03. The number of halogens is 7. The zero-order valence-electron chi connectivity index (χ0n) is 9.16. The SMILES string of the molecule is C=C/C(=C\C=C(/C)N)C(F)(C(F)(F)F)C(F)(F)F. The molecule has 0 amide bonds. The number of hydrogen-bond acceptors (Lipinski definition) is 1. The van der Waals surface area contributed by atoms with Crippen LogP contribution in [0.25, 0.3) is 0 Å². The van der Waals surface area contributed by atoms with Crippen LogP contribution >= 0.6 is 0 Å². The van der Waals surface area contributed by atoms with E-state index in [1.165, 1.54) is 6.92 Å². The van der Waals surface area contributed by atoms with Crippen molar-refractivity contribution in [3.8, 4) is 0 Å². The maximum atomic E-state index is 13.5. The molecule has 0 heterocycles. The summed E-state index contributed by atoms with van der Waals surface area (Å²) >= 11 is 0. The van der Waals surface area contributed by atoms with Crippen LogP contribution in [0.5, 0.6) is 0 Å². The summed E-state index contributed by atoms with van der Waals surface area (Å²) in [5.74, 6) is 0. The lowest BCUT2D eigenvalue weighted by Gasteiger charge is -2.30. The van der Waals surface area contributed by atoms with E-state index >= 15 is 0 Å². The molecule has 0 aromatic carbocycles. The minimum Gasteiger partial charge on any atom is -0.402 e. The minimum absolute atomic E-state index is 0.0824. The van der Waals surface area contributed by atoms with Crippen molar-refractivity contribution < 1.29 is 30.7 Å². The van der Waals surface area contributed by atoms with Crippen molar-refractivity contribution in [1.82, 2.24) is 0 Å². The van der Waals surface area contributed by atoms with Gasteiger partial charge in [0.1, 0.15) is 0 Å².